The van der Waals surface area contributed by atoms with Gasteiger partial charge in [0.15, 0.2) is 0 Å². The lowest BCUT2D eigenvalue weighted by molar-refractivity contribution is -0.136. The smallest absolute Gasteiger partial charge is 0.308 e. The highest BCUT2D eigenvalue weighted by molar-refractivity contribution is 7.16. The van der Waals surface area contributed by atoms with Crippen molar-refractivity contribution in [1.29, 1.82) is 0 Å². The van der Waals surface area contributed by atoms with Crippen molar-refractivity contribution in [2.75, 3.05) is 0 Å². The fourth-order valence-electron chi connectivity index (χ4n) is 1.88. The van der Waals surface area contributed by atoms with Gasteiger partial charge in [0, 0.05) is 15.8 Å². The van der Waals surface area contributed by atoms with Crippen LogP contribution in [0, 0.1) is 0 Å². The number of rotatable bonds is 4. The lowest BCUT2D eigenvalue weighted by atomic mass is 10.2. The summed E-state index contributed by atoms with van der Waals surface area (Å²) in [5.74, 6) is -0.599. The Balaban J connectivity index is 1.86. The van der Waals surface area contributed by atoms with Gasteiger partial charge in [0.05, 0.1) is 17.0 Å². The number of phenolic OH excluding ortho intramolecular Hbond substituents is 1. The number of carbonyl (C=O) groups is 1. The van der Waals surface area contributed by atoms with E-state index in [1.807, 2.05) is 29.6 Å². The van der Waals surface area contributed by atoms with E-state index in [2.05, 4.69) is 4.98 Å². The maximum Gasteiger partial charge on any atom is 0.308 e. The first-order valence-corrected chi connectivity index (χ1v) is 7.87. The normalized spacial score (nSPS) is 10.7. The molecule has 3 rings (SSSR count). The van der Waals surface area contributed by atoms with Crippen LogP contribution in [0.15, 0.2) is 41.8 Å². The zero-order valence-corrected chi connectivity index (χ0v) is 12.4. The predicted octanol–water partition coefficient (Wildman–Crippen LogP) is 3.87. The molecule has 0 amide bonds. The Kier molecular flexibility index (Phi) is 3.72. The molecule has 2 aromatic heterocycles. The lowest BCUT2D eigenvalue weighted by Gasteiger charge is -1.96. The summed E-state index contributed by atoms with van der Waals surface area (Å²) in [4.78, 5) is 17.1. The molecule has 0 saturated heterocycles. The average Bonchev–Trinajstić information content (AvgIpc) is 3.07. The van der Waals surface area contributed by atoms with Crippen LogP contribution in [-0.4, -0.2) is 21.2 Å². The van der Waals surface area contributed by atoms with Gasteiger partial charge in [-0.05, 0) is 36.4 Å². The molecule has 2 N–H and O–H groups in total. The van der Waals surface area contributed by atoms with Gasteiger partial charge >= 0.3 is 5.97 Å². The fourth-order valence-corrected chi connectivity index (χ4v) is 3.74. The largest absolute Gasteiger partial charge is 0.508 e. The molecule has 0 aliphatic heterocycles. The molecular formula is C15H11NO3S2. The highest BCUT2D eigenvalue weighted by Gasteiger charge is 2.10. The number of phenols is 1. The molecule has 21 heavy (non-hydrogen) atoms. The highest BCUT2D eigenvalue weighted by Crippen LogP contribution is 2.33. The van der Waals surface area contributed by atoms with Gasteiger partial charge in [-0.15, -0.1) is 22.7 Å². The topological polar surface area (TPSA) is 70.4 Å². The van der Waals surface area contributed by atoms with E-state index in [0.717, 1.165) is 26.0 Å². The summed E-state index contributed by atoms with van der Waals surface area (Å²) in [7, 11) is 0. The molecule has 0 bridgehead atoms. The molecule has 0 saturated carbocycles. The molecule has 0 atom stereocenters. The number of carboxylic acids is 1. The molecule has 4 nitrogen and oxygen atoms in total. The third kappa shape index (κ3) is 3.12. The number of hydrogen-bond acceptors (Lipinski definition) is 5. The summed E-state index contributed by atoms with van der Waals surface area (Å²) < 4.78 is 0. The number of thiazole rings is 1. The Bertz CT molecular complexity index is 774. The standard InChI is InChI=1S/C15H11NO3S2/c17-10-3-1-9(2-4-10)15-16-12(8-20-15)13-6-5-11(21-13)7-14(18)19/h1-6,8,17H,7H2,(H,18,19). The Hall–Kier alpha value is -2.18. The second kappa shape index (κ2) is 5.67. The number of aromatic nitrogens is 1. The van der Waals surface area contributed by atoms with E-state index >= 15 is 0 Å². The first kappa shape index (κ1) is 13.8. The van der Waals surface area contributed by atoms with E-state index in [4.69, 9.17) is 5.11 Å². The van der Waals surface area contributed by atoms with Crippen LogP contribution in [0.2, 0.25) is 0 Å². The van der Waals surface area contributed by atoms with Gasteiger partial charge < -0.3 is 10.2 Å². The van der Waals surface area contributed by atoms with Crippen molar-refractivity contribution in [3.05, 3.63) is 46.7 Å². The van der Waals surface area contributed by atoms with Crippen LogP contribution in [-0.2, 0) is 11.2 Å². The summed E-state index contributed by atoms with van der Waals surface area (Å²) in [6.45, 7) is 0. The first-order chi connectivity index (χ1) is 10.1. The number of aliphatic carboxylic acids is 1. The summed E-state index contributed by atoms with van der Waals surface area (Å²) in [5, 5.41) is 20.9. The Morgan fingerprint density at radius 3 is 2.62 bits per heavy atom. The molecule has 0 aliphatic carbocycles. The maximum absolute atomic E-state index is 10.7. The van der Waals surface area contributed by atoms with Gasteiger partial charge in [-0.3, -0.25) is 4.79 Å². The van der Waals surface area contributed by atoms with E-state index in [-0.39, 0.29) is 12.2 Å². The third-order valence-electron chi connectivity index (χ3n) is 2.86. The van der Waals surface area contributed by atoms with Crippen molar-refractivity contribution in [1.82, 2.24) is 4.98 Å². The summed E-state index contributed by atoms with van der Waals surface area (Å²) in [6, 6.07) is 10.6. The van der Waals surface area contributed by atoms with Crippen molar-refractivity contribution in [3.8, 4) is 26.9 Å². The number of nitrogens with zero attached hydrogens (tertiary/aromatic N) is 1. The number of thiophene rings is 1. The van der Waals surface area contributed by atoms with E-state index in [0.29, 0.717) is 0 Å². The van der Waals surface area contributed by atoms with Gasteiger partial charge in [0.25, 0.3) is 0 Å². The van der Waals surface area contributed by atoms with Crippen LogP contribution in [0.4, 0.5) is 0 Å². The molecule has 1 aromatic carbocycles. The number of aromatic hydroxyl groups is 1. The van der Waals surface area contributed by atoms with E-state index in [1.54, 1.807) is 12.1 Å². The maximum atomic E-state index is 10.7. The third-order valence-corrected chi connectivity index (χ3v) is 4.86. The van der Waals surface area contributed by atoms with Gasteiger partial charge in [-0.25, -0.2) is 4.98 Å². The minimum Gasteiger partial charge on any atom is -0.508 e. The Labute approximate surface area is 129 Å². The minimum atomic E-state index is -0.827. The molecule has 0 fully saturated rings. The zero-order valence-electron chi connectivity index (χ0n) is 10.8. The van der Waals surface area contributed by atoms with Crippen molar-refractivity contribution in [3.63, 3.8) is 0 Å². The van der Waals surface area contributed by atoms with Crippen LogP contribution in [0.3, 0.4) is 0 Å². The van der Waals surface area contributed by atoms with Crippen molar-refractivity contribution in [2.24, 2.45) is 0 Å². The second-order valence-corrected chi connectivity index (χ2v) is 6.45. The van der Waals surface area contributed by atoms with Crippen LogP contribution < -0.4 is 0 Å². The van der Waals surface area contributed by atoms with Crippen LogP contribution in [0.1, 0.15) is 4.88 Å². The zero-order chi connectivity index (χ0) is 14.8. The first-order valence-electron chi connectivity index (χ1n) is 6.17. The molecule has 106 valence electrons. The van der Waals surface area contributed by atoms with Gasteiger partial charge in [0.1, 0.15) is 10.8 Å². The summed E-state index contributed by atoms with van der Waals surface area (Å²) in [6.07, 6.45) is 0.0413. The Morgan fingerprint density at radius 1 is 1.14 bits per heavy atom. The van der Waals surface area contributed by atoms with E-state index in [1.165, 1.54) is 22.7 Å². The molecule has 0 spiro atoms. The Morgan fingerprint density at radius 2 is 1.90 bits per heavy atom. The van der Waals surface area contributed by atoms with E-state index in [9.17, 15) is 9.90 Å². The molecular weight excluding hydrogens is 306 g/mol. The SMILES string of the molecule is O=C(O)Cc1ccc(-c2csc(-c3ccc(O)cc3)n2)s1. The number of carboxylic acid groups (broad SMARTS) is 1. The summed E-state index contributed by atoms with van der Waals surface area (Å²) >= 11 is 2.97. The van der Waals surface area contributed by atoms with Gasteiger partial charge in [-0.2, -0.15) is 0 Å². The fraction of sp³-hybridized carbons (Fsp3) is 0.0667. The molecule has 0 aliphatic rings. The van der Waals surface area contributed by atoms with Crippen molar-refractivity contribution >= 4 is 28.6 Å². The molecule has 0 unspecified atom stereocenters. The predicted molar refractivity (Wildman–Crippen MR) is 83.9 cm³/mol. The van der Waals surface area contributed by atoms with Crippen LogP contribution in [0.25, 0.3) is 21.1 Å². The van der Waals surface area contributed by atoms with Crippen LogP contribution in [0.5, 0.6) is 5.75 Å². The minimum absolute atomic E-state index is 0.0413. The second-order valence-electron chi connectivity index (χ2n) is 4.42. The lowest BCUT2D eigenvalue weighted by Crippen LogP contribution is -1.96. The molecule has 6 heteroatoms. The number of hydrogen-bond donors (Lipinski definition) is 2. The average molecular weight is 317 g/mol. The highest BCUT2D eigenvalue weighted by atomic mass is 32.1. The van der Waals surface area contributed by atoms with Crippen LogP contribution >= 0.6 is 22.7 Å². The monoisotopic (exact) mass is 317 g/mol. The number of benzene rings is 1. The summed E-state index contributed by atoms with van der Waals surface area (Å²) in [5.41, 5.74) is 1.80. The quantitative estimate of drug-likeness (QED) is 0.766. The molecule has 3 aromatic rings. The molecule has 2 heterocycles. The molecule has 0 radical (unpaired) electrons. The van der Waals surface area contributed by atoms with Gasteiger partial charge in [-0.1, -0.05) is 0 Å². The van der Waals surface area contributed by atoms with Crippen molar-refractivity contribution < 1.29 is 15.0 Å². The van der Waals surface area contributed by atoms with Gasteiger partial charge in [0.2, 0.25) is 0 Å². The van der Waals surface area contributed by atoms with Crippen molar-refractivity contribution in [2.45, 2.75) is 6.42 Å². The van der Waals surface area contributed by atoms with E-state index < -0.39 is 5.97 Å².